The summed E-state index contributed by atoms with van der Waals surface area (Å²) < 4.78 is 27.1. The first-order valence-electron chi connectivity index (χ1n) is 8.95. The van der Waals surface area contributed by atoms with Crippen molar-refractivity contribution >= 4 is 39.0 Å². The molecule has 0 radical (unpaired) electrons. The van der Waals surface area contributed by atoms with Crippen LogP contribution in [0.2, 0.25) is 5.02 Å². The summed E-state index contributed by atoms with van der Waals surface area (Å²) >= 11 is 6.07. The van der Waals surface area contributed by atoms with E-state index in [1.54, 1.807) is 36.4 Å². The van der Waals surface area contributed by atoms with Gasteiger partial charge in [-0.05, 0) is 44.0 Å². The minimum Gasteiger partial charge on any atom is -0.325 e. The van der Waals surface area contributed by atoms with Crippen LogP contribution in [0.5, 0.6) is 0 Å². The summed E-state index contributed by atoms with van der Waals surface area (Å²) in [5, 5.41) is 3.27. The first kappa shape index (κ1) is 20.5. The van der Waals surface area contributed by atoms with E-state index in [0.29, 0.717) is 29.1 Å². The van der Waals surface area contributed by atoms with Crippen LogP contribution in [0, 0.1) is 5.92 Å². The van der Waals surface area contributed by atoms with E-state index in [0.717, 1.165) is 0 Å². The van der Waals surface area contributed by atoms with Crippen molar-refractivity contribution in [3.63, 3.8) is 0 Å². The van der Waals surface area contributed by atoms with Crippen molar-refractivity contribution in [2.45, 2.75) is 24.7 Å². The fraction of sp³-hybridized carbons (Fsp3) is 0.300. The van der Waals surface area contributed by atoms with Crippen LogP contribution >= 0.6 is 11.6 Å². The number of sulfonamides is 1. The molecule has 1 N–H and O–H groups in total. The zero-order valence-electron chi connectivity index (χ0n) is 15.4. The summed E-state index contributed by atoms with van der Waals surface area (Å²) in [5.74, 6) is -0.637. The van der Waals surface area contributed by atoms with Crippen LogP contribution in [-0.2, 0) is 14.8 Å². The van der Waals surface area contributed by atoms with Gasteiger partial charge in [-0.25, -0.2) is 8.42 Å². The summed E-state index contributed by atoms with van der Waals surface area (Å²) in [5.41, 5.74) is 0.903. The summed E-state index contributed by atoms with van der Waals surface area (Å²) in [6.45, 7) is 1.88. The summed E-state index contributed by atoms with van der Waals surface area (Å²) in [6.07, 6.45) is 0.837. The number of rotatable bonds is 5. The number of nitrogens with one attached hydrogen (secondary N) is 1. The number of para-hydroxylation sites is 1. The van der Waals surface area contributed by atoms with Gasteiger partial charge in [0.15, 0.2) is 5.78 Å². The summed E-state index contributed by atoms with van der Waals surface area (Å²) in [4.78, 5) is 24.1. The van der Waals surface area contributed by atoms with E-state index in [2.05, 4.69) is 5.32 Å². The zero-order chi connectivity index (χ0) is 20.3. The van der Waals surface area contributed by atoms with Gasteiger partial charge in [-0.3, -0.25) is 9.59 Å². The number of Topliss-reactive ketones (excluding diaryl/α,β-unsaturated/α-hetero) is 1. The van der Waals surface area contributed by atoms with Crippen LogP contribution < -0.4 is 5.32 Å². The molecule has 0 saturated carbocycles. The van der Waals surface area contributed by atoms with E-state index in [1.165, 1.54) is 23.4 Å². The minimum absolute atomic E-state index is 0.0965. The predicted molar refractivity (Wildman–Crippen MR) is 108 cm³/mol. The number of carbonyl (C=O) groups is 2. The van der Waals surface area contributed by atoms with Crippen molar-refractivity contribution < 1.29 is 18.0 Å². The number of piperidine rings is 1. The number of hydrogen-bond donors (Lipinski definition) is 1. The molecule has 1 aliphatic rings. The molecule has 2 aromatic rings. The highest BCUT2D eigenvalue weighted by Crippen LogP contribution is 2.27. The van der Waals surface area contributed by atoms with Gasteiger partial charge in [-0.1, -0.05) is 35.9 Å². The zero-order valence-corrected chi connectivity index (χ0v) is 17.0. The van der Waals surface area contributed by atoms with Gasteiger partial charge < -0.3 is 5.32 Å². The second kappa shape index (κ2) is 8.43. The molecule has 1 fully saturated rings. The lowest BCUT2D eigenvalue weighted by molar-refractivity contribution is -0.120. The number of amides is 1. The van der Waals surface area contributed by atoms with Crippen LogP contribution in [0.15, 0.2) is 53.4 Å². The summed E-state index contributed by atoms with van der Waals surface area (Å²) in [7, 11) is -3.70. The van der Waals surface area contributed by atoms with Crippen LogP contribution in [-0.4, -0.2) is 37.5 Å². The fourth-order valence-electron chi connectivity index (χ4n) is 3.18. The van der Waals surface area contributed by atoms with Gasteiger partial charge in [0, 0.05) is 24.6 Å². The number of benzene rings is 2. The quantitative estimate of drug-likeness (QED) is 0.749. The molecule has 1 amide bonds. The van der Waals surface area contributed by atoms with E-state index in [9.17, 15) is 18.0 Å². The highest BCUT2D eigenvalue weighted by molar-refractivity contribution is 7.89. The Bertz CT molecular complexity index is 999. The molecule has 0 aliphatic carbocycles. The fourth-order valence-corrected chi connectivity index (χ4v) is 4.88. The lowest BCUT2D eigenvalue weighted by Gasteiger charge is -2.30. The van der Waals surface area contributed by atoms with E-state index in [-0.39, 0.29) is 35.6 Å². The lowest BCUT2D eigenvalue weighted by atomic mass is 9.97. The van der Waals surface area contributed by atoms with Gasteiger partial charge in [0.1, 0.15) is 0 Å². The third-order valence-corrected chi connectivity index (χ3v) is 7.06. The van der Waals surface area contributed by atoms with Crippen molar-refractivity contribution in [1.29, 1.82) is 0 Å². The Morgan fingerprint density at radius 1 is 1.07 bits per heavy atom. The Labute approximate surface area is 169 Å². The molecule has 0 unspecified atom stereocenters. The van der Waals surface area contributed by atoms with E-state index in [1.807, 2.05) is 0 Å². The molecule has 1 aliphatic heterocycles. The maximum absolute atomic E-state index is 12.9. The molecule has 0 atom stereocenters. The number of halogens is 1. The van der Waals surface area contributed by atoms with Crippen LogP contribution in [0.4, 0.5) is 5.69 Å². The molecular formula is C20H21ClN2O4S. The number of ketones is 1. The van der Waals surface area contributed by atoms with E-state index in [4.69, 9.17) is 11.6 Å². The molecule has 0 spiro atoms. The normalized spacial score (nSPS) is 15.9. The van der Waals surface area contributed by atoms with Gasteiger partial charge in [-0.2, -0.15) is 4.31 Å². The predicted octanol–water partition coefficient (Wildman–Crippen LogP) is 3.58. The van der Waals surface area contributed by atoms with Crippen molar-refractivity contribution in [3.05, 3.63) is 59.1 Å². The molecule has 6 nitrogen and oxygen atoms in total. The third-order valence-electron chi connectivity index (χ3n) is 4.83. The van der Waals surface area contributed by atoms with E-state index >= 15 is 0 Å². The monoisotopic (exact) mass is 420 g/mol. The standard InChI is InChI=1S/C20H21ClN2O4S/c1-14(24)16-5-4-6-17(13-16)28(26,27)23-11-9-15(10-12-23)20(25)22-19-8-3-2-7-18(19)21/h2-8,13,15H,9-12H2,1H3,(H,22,25). The molecule has 148 valence electrons. The second-order valence-corrected chi connectivity index (χ2v) is 9.08. The lowest BCUT2D eigenvalue weighted by Crippen LogP contribution is -2.41. The first-order valence-corrected chi connectivity index (χ1v) is 10.8. The number of anilines is 1. The highest BCUT2D eigenvalue weighted by Gasteiger charge is 2.32. The smallest absolute Gasteiger partial charge is 0.243 e. The Kier molecular flexibility index (Phi) is 6.17. The molecule has 0 aromatic heterocycles. The molecule has 1 saturated heterocycles. The van der Waals surface area contributed by atoms with Crippen molar-refractivity contribution in [2.24, 2.45) is 5.92 Å². The van der Waals surface area contributed by atoms with Crippen LogP contribution in [0.1, 0.15) is 30.1 Å². The van der Waals surface area contributed by atoms with Crippen LogP contribution in [0.25, 0.3) is 0 Å². The average molecular weight is 421 g/mol. The third kappa shape index (κ3) is 4.43. The summed E-state index contributed by atoms with van der Waals surface area (Å²) in [6, 6.07) is 13.0. The Morgan fingerprint density at radius 2 is 1.75 bits per heavy atom. The maximum atomic E-state index is 12.9. The molecular weight excluding hydrogens is 400 g/mol. The largest absolute Gasteiger partial charge is 0.325 e. The highest BCUT2D eigenvalue weighted by atomic mass is 35.5. The molecule has 8 heteroatoms. The first-order chi connectivity index (χ1) is 13.3. The number of carbonyl (C=O) groups excluding carboxylic acids is 2. The SMILES string of the molecule is CC(=O)c1cccc(S(=O)(=O)N2CCC(C(=O)Nc3ccccc3Cl)CC2)c1. The topological polar surface area (TPSA) is 83.6 Å². The maximum Gasteiger partial charge on any atom is 0.243 e. The molecule has 28 heavy (non-hydrogen) atoms. The molecule has 1 heterocycles. The van der Waals surface area contributed by atoms with Gasteiger partial charge >= 0.3 is 0 Å². The average Bonchev–Trinajstić information content (AvgIpc) is 2.70. The minimum atomic E-state index is -3.70. The van der Waals surface area contributed by atoms with Gasteiger partial charge in [-0.15, -0.1) is 0 Å². The molecule has 2 aromatic carbocycles. The van der Waals surface area contributed by atoms with Gasteiger partial charge in [0.2, 0.25) is 15.9 Å². The Hall–Kier alpha value is -2.22. The van der Waals surface area contributed by atoms with Gasteiger partial charge in [0.25, 0.3) is 0 Å². The molecule has 0 bridgehead atoms. The number of hydrogen-bond acceptors (Lipinski definition) is 4. The second-order valence-electron chi connectivity index (χ2n) is 6.73. The van der Waals surface area contributed by atoms with E-state index < -0.39 is 10.0 Å². The van der Waals surface area contributed by atoms with Gasteiger partial charge in [0.05, 0.1) is 15.6 Å². The molecule has 3 rings (SSSR count). The van der Waals surface area contributed by atoms with Crippen molar-refractivity contribution in [3.8, 4) is 0 Å². The van der Waals surface area contributed by atoms with Crippen molar-refractivity contribution in [1.82, 2.24) is 4.31 Å². The van der Waals surface area contributed by atoms with Crippen molar-refractivity contribution in [2.75, 3.05) is 18.4 Å². The number of nitrogens with zero attached hydrogens (tertiary/aromatic N) is 1. The Morgan fingerprint density at radius 3 is 2.39 bits per heavy atom. The Balaban J connectivity index is 1.66. The van der Waals surface area contributed by atoms with Crippen LogP contribution in [0.3, 0.4) is 0 Å².